The molecule has 0 aliphatic carbocycles. The van der Waals surface area contributed by atoms with Crippen molar-refractivity contribution in [1.29, 1.82) is 0 Å². The van der Waals surface area contributed by atoms with Crippen LogP contribution < -0.4 is 10.1 Å². The zero-order valence-electron chi connectivity index (χ0n) is 16.0. The molecule has 1 aromatic rings. The molecule has 2 rings (SSSR count). The summed E-state index contributed by atoms with van der Waals surface area (Å²) < 4.78 is 5.65. The molecule has 1 aliphatic rings. The molecule has 7 heteroatoms. The number of nitrogens with zero attached hydrogens (tertiary/aromatic N) is 1. The quantitative estimate of drug-likeness (QED) is 0.291. The van der Waals surface area contributed by atoms with E-state index in [0.29, 0.717) is 6.42 Å². The van der Waals surface area contributed by atoms with E-state index < -0.39 is 22.5 Å². The number of nitrogens with one attached hydrogen (secondary N) is 1. The first-order valence-corrected chi connectivity index (χ1v) is 10.0. The lowest BCUT2D eigenvalue weighted by molar-refractivity contribution is -0.385. The van der Waals surface area contributed by atoms with Gasteiger partial charge in [-0.3, -0.25) is 14.9 Å². The van der Waals surface area contributed by atoms with E-state index in [-0.39, 0.29) is 17.3 Å². The van der Waals surface area contributed by atoms with Crippen LogP contribution in [0.3, 0.4) is 0 Å². The maximum absolute atomic E-state index is 12.1. The normalized spacial score (nSPS) is 15.7. The number of carbonyl (C=O) groups is 1. The van der Waals surface area contributed by atoms with Crippen molar-refractivity contribution in [3.63, 3.8) is 0 Å². The van der Waals surface area contributed by atoms with Crippen molar-refractivity contribution in [2.24, 2.45) is 0 Å². The fourth-order valence-electron chi connectivity index (χ4n) is 3.33. The maximum atomic E-state index is 12.1. The van der Waals surface area contributed by atoms with Crippen LogP contribution in [-0.2, 0) is 4.79 Å². The first-order valence-electron chi connectivity index (χ1n) is 10.0. The van der Waals surface area contributed by atoms with Crippen LogP contribution in [0.2, 0.25) is 0 Å². The standard InChI is InChI=1S/C20H30N2O5/c1-2-3-4-5-6-7-8-9-10-11-12-18-20(24)21-15-13-17(23)16(22(25)26)14-19(15)27-18/h13-14,18,23H,2-12H2,1H3,(H,21,24). The third-order valence-electron chi connectivity index (χ3n) is 4.91. The number of amides is 1. The SMILES string of the molecule is CCCCCCCCCCCCC1Oc2cc([N+](=O)[O-])c(O)cc2NC1=O. The van der Waals surface area contributed by atoms with Crippen LogP contribution in [0.15, 0.2) is 12.1 Å². The molecular formula is C20H30N2O5. The Kier molecular flexibility index (Phi) is 8.36. The molecular weight excluding hydrogens is 348 g/mol. The molecule has 7 nitrogen and oxygen atoms in total. The van der Waals surface area contributed by atoms with Crippen molar-refractivity contribution in [2.75, 3.05) is 5.32 Å². The summed E-state index contributed by atoms with van der Waals surface area (Å²) in [6.07, 6.45) is 12.1. The number of hydrogen-bond donors (Lipinski definition) is 2. The molecule has 0 radical (unpaired) electrons. The number of benzene rings is 1. The minimum Gasteiger partial charge on any atom is -0.502 e. The molecule has 0 aromatic heterocycles. The highest BCUT2D eigenvalue weighted by molar-refractivity contribution is 5.98. The van der Waals surface area contributed by atoms with Gasteiger partial charge in [0.25, 0.3) is 5.91 Å². The average Bonchev–Trinajstić information content (AvgIpc) is 2.63. The first kappa shape index (κ1) is 21.0. The van der Waals surface area contributed by atoms with Crippen molar-refractivity contribution >= 4 is 17.3 Å². The minimum atomic E-state index is -0.674. The van der Waals surface area contributed by atoms with E-state index in [2.05, 4.69) is 12.2 Å². The number of nitro groups is 1. The van der Waals surface area contributed by atoms with Crippen LogP contribution in [0.4, 0.5) is 11.4 Å². The summed E-state index contributed by atoms with van der Waals surface area (Å²) in [5.74, 6) is -0.529. The monoisotopic (exact) mass is 378 g/mol. The van der Waals surface area contributed by atoms with Crippen LogP contribution in [0, 0.1) is 10.1 Å². The van der Waals surface area contributed by atoms with Gasteiger partial charge in [-0.25, -0.2) is 0 Å². The van der Waals surface area contributed by atoms with Crippen LogP contribution in [0.25, 0.3) is 0 Å². The second kappa shape index (κ2) is 10.7. The Labute approximate surface area is 160 Å². The number of unbranched alkanes of at least 4 members (excludes halogenated alkanes) is 9. The summed E-state index contributed by atoms with van der Waals surface area (Å²) in [4.78, 5) is 22.4. The lowest BCUT2D eigenvalue weighted by Gasteiger charge is -2.25. The van der Waals surface area contributed by atoms with E-state index in [1.807, 2.05) is 0 Å². The van der Waals surface area contributed by atoms with Crippen LogP contribution in [0.1, 0.15) is 77.6 Å². The van der Waals surface area contributed by atoms with E-state index in [1.54, 1.807) is 0 Å². The van der Waals surface area contributed by atoms with E-state index in [0.717, 1.165) is 31.4 Å². The molecule has 2 N–H and O–H groups in total. The fraction of sp³-hybridized carbons (Fsp3) is 0.650. The second-order valence-electron chi connectivity index (χ2n) is 7.16. The van der Waals surface area contributed by atoms with Gasteiger partial charge in [0.1, 0.15) is 0 Å². The third kappa shape index (κ3) is 6.41. The van der Waals surface area contributed by atoms with Gasteiger partial charge >= 0.3 is 5.69 Å². The molecule has 0 bridgehead atoms. The van der Waals surface area contributed by atoms with Crippen molar-refractivity contribution in [1.82, 2.24) is 0 Å². The molecule has 0 spiro atoms. The predicted octanol–water partition coefficient (Wildman–Crippen LogP) is 5.31. The number of phenolic OH excluding ortho intramolecular Hbond substituents is 1. The van der Waals surface area contributed by atoms with Gasteiger partial charge in [-0.2, -0.15) is 0 Å². The molecule has 1 aliphatic heterocycles. The molecule has 1 aromatic carbocycles. The number of phenols is 1. The molecule has 150 valence electrons. The van der Waals surface area contributed by atoms with Gasteiger partial charge in [0.05, 0.1) is 16.7 Å². The molecule has 0 fully saturated rings. The van der Waals surface area contributed by atoms with Crippen molar-refractivity contribution < 1.29 is 19.6 Å². The number of aromatic hydroxyl groups is 1. The number of nitro benzene ring substituents is 1. The lowest BCUT2D eigenvalue weighted by atomic mass is 10.0. The lowest BCUT2D eigenvalue weighted by Crippen LogP contribution is -2.36. The average molecular weight is 378 g/mol. The zero-order chi connectivity index (χ0) is 19.6. The van der Waals surface area contributed by atoms with Gasteiger partial charge in [0, 0.05) is 6.07 Å². The van der Waals surface area contributed by atoms with Crippen LogP contribution >= 0.6 is 0 Å². The summed E-state index contributed by atoms with van der Waals surface area (Å²) in [5, 5.41) is 23.2. The minimum absolute atomic E-state index is 0.233. The maximum Gasteiger partial charge on any atom is 0.314 e. The Morgan fingerprint density at radius 2 is 1.67 bits per heavy atom. The smallest absolute Gasteiger partial charge is 0.314 e. The number of rotatable bonds is 12. The van der Waals surface area contributed by atoms with E-state index in [4.69, 9.17) is 4.74 Å². The number of fused-ring (bicyclic) bond motifs is 1. The summed E-state index contributed by atoms with van der Waals surface area (Å²) in [7, 11) is 0. The molecule has 1 heterocycles. The van der Waals surface area contributed by atoms with Crippen molar-refractivity contribution in [3.05, 3.63) is 22.2 Å². The van der Waals surface area contributed by atoms with E-state index in [9.17, 15) is 20.0 Å². The second-order valence-corrected chi connectivity index (χ2v) is 7.16. The largest absolute Gasteiger partial charge is 0.502 e. The third-order valence-corrected chi connectivity index (χ3v) is 4.91. The van der Waals surface area contributed by atoms with Gasteiger partial charge in [0.2, 0.25) is 0 Å². The van der Waals surface area contributed by atoms with Gasteiger partial charge in [0.15, 0.2) is 17.6 Å². The summed E-state index contributed by atoms with van der Waals surface area (Å²) >= 11 is 0. The highest BCUT2D eigenvalue weighted by Crippen LogP contribution is 2.39. The van der Waals surface area contributed by atoms with Crippen LogP contribution in [0.5, 0.6) is 11.5 Å². The van der Waals surface area contributed by atoms with Gasteiger partial charge in [-0.15, -0.1) is 0 Å². The Balaban J connectivity index is 1.70. The van der Waals surface area contributed by atoms with Crippen LogP contribution in [-0.4, -0.2) is 22.0 Å². The fourth-order valence-corrected chi connectivity index (χ4v) is 3.33. The number of ether oxygens (including phenoxy) is 1. The van der Waals surface area contributed by atoms with Gasteiger partial charge < -0.3 is 15.2 Å². The zero-order valence-corrected chi connectivity index (χ0v) is 16.0. The molecule has 0 saturated carbocycles. The molecule has 0 saturated heterocycles. The highest BCUT2D eigenvalue weighted by atomic mass is 16.6. The topological polar surface area (TPSA) is 102 Å². The number of carbonyl (C=O) groups excluding carboxylic acids is 1. The first-order chi connectivity index (χ1) is 13.0. The van der Waals surface area contributed by atoms with E-state index >= 15 is 0 Å². The number of hydrogen-bond acceptors (Lipinski definition) is 5. The number of anilines is 1. The molecule has 1 unspecified atom stereocenters. The van der Waals surface area contributed by atoms with Crippen molar-refractivity contribution in [3.8, 4) is 11.5 Å². The summed E-state index contributed by atoms with van der Waals surface area (Å²) in [5.41, 5.74) is -0.162. The molecule has 27 heavy (non-hydrogen) atoms. The van der Waals surface area contributed by atoms with Gasteiger partial charge in [-0.05, 0) is 12.8 Å². The predicted molar refractivity (Wildman–Crippen MR) is 104 cm³/mol. The summed E-state index contributed by atoms with van der Waals surface area (Å²) in [6, 6.07) is 2.32. The van der Waals surface area contributed by atoms with E-state index in [1.165, 1.54) is 44.9 Å². The summed E-state index contributed by atoms with van der Waals surface area (Å²) in [6.45, 7) is 2.22. The Hall–Kier alpha value is -2.31. The Bertz CT molecular complexity index is 648. The molecule has 1 amide bonds. The Morgan fingerprint density at radius 3 is 2.26 bits per heavy atom. The van der Waals surface area contributed by atoms with Crippen molar-refractivity contribution in [2.45, 2.75) is 83.7 Å². The Morgan fingerprint density at radius 1 is 1.07 bits per heavy atom. The van der Waals surface area contributed by atoms with Gasteiger partial charge in [-0.1, -0.05) is 64.7 Å². The molecule has 1 atom stereocenters. The highest BCUT2D eigenvalue weighted by Gasteiger charge is 2.30.